The Hall–Kier alpha value is -1.38. The molecule has 2 fully saturated rings. The van der Waals surface area contributed by atoms with Crippen molar-refractivity contribution in [1.82, 2.24) is 9.55 Å². The minimum Gasteiger partial charge on any atom is -0.391 e. The fourth-order valence-corrected chi connectivity index (χ4v) is 5.71. The summed E-state index contributed by atoms with van der Waals surface area (Å²) in [5, 5.41) is 59.5. The Bertz CT molecular complexity index is 1160. The molecule has 2 aliphatic heterocycles. The van der Waals surface area contributed by atoms with Crippen molar-refractivity contribution in [2.24, 2.45) is 0 Å². The molecule has 2 unspecified atom stereocenters. The average molecular weight is 580 g/mol. The number of phosphoric acid groups is 2. The number of phosphoric ester groups is 2. The third-order valence-electron chi connectivity index (χ3n) is 5.39. The molecule has 3 rings (SSSR count). The minimum absolute atomic E-state index is 0.724. The molecule has 2 saturated heterocycles. The number of nitrogens with one attached hydrogen (secondary N) is 1. The lowest BCUT2D eigenvalue weighted by atomic mass is 9.96. The molecule has 12 atom stereocenters. The Labute approximate surface area is 206 Å². The van der Waals surface area contributed by atoms with Crippen LogP contribution in [0.2, 0.25) is 0 Å². The highest BCUT2D eigenvalue weighted by Gasteiger charge is 2.50. The van der Waals surface area contributed by atoms with E-state index < -0.39 is 94.9 Å². The molecule has 9 N–H and O–H groups in total. The number of rotatable bonds is 9. The summed E-state index contributed by atoms with van der Waals surface area (Å²) in [6, 6.07) is 0.929. The van der Waals surface area contributed by atoms with Crippen molar-refractivity contribution >= 4 is 15.6 Å². The molecule has 2 aliphatic rings. The average Bonchev–Trinajstić information content (AvgIpc) is 3.05. The highest BCUT2D eigenvalue weighted by atomic mass is 31.3. The molecule has 21 heteroatoms. The first-order valence-electron chi connectivity index (χ1n) is 10.4. The minimum atomic E-state index is -5.61. The van der Waals surface area contributed by atoms with E-state index in [9.17, 15) is 59.1 Å². The number of hydrogen-bond acceptors (Lipinski definition) is 15. The molecule has 0 bridgehead atoms. The molecule has 0 saturated carbocycles. The fourth-order valence-electron chi connectivity index (χ4n) is 3.56. The number of aromatic nitrogens is 2. The van der Waals surface area contributed by atoms with Crippen LogP contribution in [0.4, 0.5) is 0 Å². The zero-order valence-corrected chi connectivity index (χ0v) is 20.5. The van der Waals surface area contributed by atoms with Gasteiger partial charge in [0, 0.05) is 12.3 Å². The number of nitrogens with zero attached hydrogens (tertiary/aromatic N) is 1. The predicted molar refractivity (Wildman–Crippen MR) is 113 cm³/mol. The van der Waals surface area contributed by atoms with Crippen LogP contribution in [0.15, 0.2) is 21.9 Å². The van der Waals surface area contributed by atoms with Gasteiger partial charge < -0.3 is 49.9 Å². The van der Waals surface area contributed by atoms with Gasteiger partial charge in [-0.2, -0.15) is 4.31 Å². The quantitative estimate of drug-likeness (QED) is 0.125. The first-order chi connectivity index (χ1) is 17.0. The lowest BCUT2D eigenvalue weighted by Crippen LogP contribution is -2.60. The highest BCUT2D eigenvalue weighted by Crippen LogP contribution is 2.61. The van der Waals surface area contributed by atoms with Gasteiger partial charge in [-0.3, -0.25) is 23.4 Å². The molecule has 19 nitrogen and oxygen atoms in total. The zero-order chi connectivity index (χ0) is 27.9. The third-order valence-corrected chi connectivity index (χ3v) is 7.99. The van der Waals surface area contributed by atoms with Crippen molar-refractivity contribution in [2.45, 2.75) is 68.3 Å². The molecular weight excluding hydrogens is 554 g/mol. The summed E-state index contributed by atoms with van der Waals surface area (Å²) in [6.45, 7) is 0.104. The molecule has 0 amide bonds. The van der Waals surface area contributed by atoms with E-state index in [2.05, 4.69) is 13.4 Å². The maximum Gasteiger partial charge on any atom is 0.483 e. The van der Waals surface area contributed by atoms with Crippen LogP contribution in [-0.2, 0) is 32.0 Å². The SMILES string of the molecule is C[C@H](O)[C@H]1O[C@H](OP(=O)(O)OP(=O)(O)OC[C@H]2O[C@@H](n3ccc(=O)[nH]c3=O)[C@H](O)[C@@H]2O)[C@H](O)[C@@H](O)[C@@H]1O. The maximum absolute atomic E-state index is 12.2. The molecule has 1 aromatic heterocycles. The smallest absolute Gasteiger partial charge is 0.391 e. The van der Waals surface area contributed by atoms with Crippen LogP contribution in [0.3, 0.4) is 0 Å². The summed E-state index contributed by atoms with van der Waals surface area (Å²) in [5.74, 6) is 0. The molecular formula is C16H26N2O17P2. The van der Waals surface area contributed by atoms with E-state index in [1.54, 1.807) is 0 Å². The van der Waals surface area contributed by atoms with Crippen LogP contribution >= 0.6 is 15.6 Å². The molecule has 3 heterocycles. The van der Waals surface area contributed by atoms with Crippen LogP contribution in [0, 0.1) is 0 Å². The van der Waals surface area contributed by atoms with E-state index in [1.165, 1.54) is 0 Å². The van der Waals surface area contributed by atoms with Crippen molar-refractivity contribution in [1.29, 1.82) is 0 Å². The van der Waals surface area contributed by atoms with Crippen LogP contribution in [0.5, 0.6) is 0 Å². The Balaban J connectivity index is 1.62. The largest absolute Gasteiger partial charge is 0.483 e. The molecule has 0 aromatic carbocycles. The summed E-state index contributed by atoms with van der Waals surface area (Å²) in [5.41, 5.74) is -1.75. The van der Waals surface area contributed by atoms with E-state index in [1.807, 2.05) is 4.98 Å². The monoisotopic (exact) mass is 580 g/mol. The van der Waals surface area contributed by atoms with Gasteiger partial charge in [-0.15, -0.1) is 0 Å². The number of aromatic amines is 1. The third kappa shape index (κ3) is 6.99. The first-order valence-corrected chi connectivity index (χ1v) is 13.4. The fraction of sp³-hybridized carbons (Fsp3) is 0.750. The van der Waals surface area contributed by atoms with Gasteiger partial charge in [0.1, 0.15) is 42.7 Å². The summed E-state index contributed by atoms with van der Waals surface area (Å²) in [7, 11) is -11.1. The molecule has 212 valence electrons. The zero-order valence-electron chi connectivity index (χ0n) is 18.7. The molecule has 1 aromatic rings. The summed E-state index contributed by atoms with van der Waals surface area (Å²) < 4.78 is 48.4. The van der Waals surface area contributed by atoms with Crippen LogP contribution in [0.1, 0.15) is 13.2 Å². The summed E-state index contributed by atoms with van der Waals surface area (Å²) in [6.07, 6.45) is -16.9. The number of aliphatic hydroxyl groups is 6. The van der Waals surface area contributed by atoms with Crippen LogP contribution < -0.4 is 11.2 Å². The molecule has 0 aliphatic carbocycles. The standard InChI is InChI=1S/C16H26N2O17P2/c1-5(19)13-10(23)9(22)12(25)15(33-13)34-37(29,30)35-36(27,28)31-4-6-8(21)11(24)14(32-6)18-3-2-7(20)17-16(18)26/h2-3,5-6,8-15,19,21-25H,4H2,1H3,(H,27,28)(H,29,30)(H,17,20,26)/t5-,6+,8+,9-,10-,11+,12+,13+,14+,15+/m0/s1. The lowest BCUT2D eigenvalue weighted by Gasteiger charge is -2.41. The highest BCUT2D eigenvalue weighted by molar-refractivity contribution is 7.61. The van der Waals surface area contributed by atoms with Gasteiger partial charge in [-0.05, 0) is 6.92 Å². The van der Waals surface area contributed by atoms with Crippen LogP contribution in [0.25, 0.3) is 0 Å². The van der Waals surface area contributed by atoms with Crippen molar-refractivity contribution < 1.29 is 72.4 Å². The van der Waals surface area contributed by atoms with Gasteiger partial charge in [0.2, 0.25) is 0 Å². The van der Waals surface area contributed by atoms with E-state index in [-0.39, 0.29) is 0 Å². The van der Waals surface area contributed by atoms with Gasteiger partial charge in [0.05, 0.1) is 12.7 Å². The van der Waals surface area contributed by atoms with E-state index in [0.717, 1.165) is 23.8 Å². The summed E-state index contributed by atoms with van der Waals surface area (Å²) >= 11 is 0. The second-order valence-corrected chi connectivity index (χ2v) is 11.2. The van der Waals surface area contributed by atoms with Gasteiger partial charge in [-0.25, -0.2) is 13.9 Å². The second kappa shape index (κ2) is 11.4. The molecule has 0 spiro atoms. The second-order valence-electron chi connectivity index (χ2n) is 8.17. The van der Waals surface area contributed by atoms with E-state index in [4.69, 9.17) is 9.47 Å². The number of H-pyrrole nitrogens is 1. The van der Waals surface area contributed by atoms with Crippen LogP contribution in [-0.4, -0.2) is 112 Å². The van der Waals surface area contributed by atoms with Gasteiger partial charge >= 0.3 is 21.3 Å². The van der Waals surface area contributed by atoms with Gasteiger partial charge in [0.25, 0.3) is 5.56 Å². The Morgan fingerprint density at radius 3 is 2.24 bits per heavy atom. The number of aliphatic hydroxyl groups excluding tert-OH is 6. The van der Waals surface area contributed by atoms with Crippen molar-refractivity contribution in [2.75, 3.05) is 6.61 Å². The topological polar surface area (TPSA) is 297 Å². The molecule has 37 heavy (non-hydrogen) atoms. The van der Waals surface area contributed by atoms with E-state index >= 15 is 0 Å². The van der Waals surface area contributed by atoms with Crippen molar-refractivity contribution in [3.05, 3.63) is 33.1 Å². The Morgan fingerprint density at radius 1 is 1.00 bits per heavy atom. The molecule has 0 radical (unpaired) electrons. The first kappa shape index (κ1) is 30.2. The lowest BCUT2D eigenvalue weighted by molar-refractivity contribution is -0.289. The Morgan fingerprint density at radius 2 is 1.65 bits per heavy atom. The van der Waals surface area contributed by atoms with Gasteiger partial charge in [0.15, 0.2) is 12.5 Å². The maximum atomic E-state index is 12.2. The van der Waals surface area contributed by atoms with E-state index in [0.29, 0.717) is 0 Å². The van der Waals surface area contributed by atoms with Crippen molar-refractivity contribution in [3.8, 4) is 0 Å². The Kier molecular flexibility index (Phi) is 9.28. The number of ether oxygens (including phenoxy) is 2. The number of hydrogen-bond donors (Lipinski definition) is 9. The van der Waals surface area contributed by atoms with Crippen molar-refractivity contribution in [3.63, 3.8) is 0 Å². The normalized spacial score (nSPS) is 38.6. The van der Waals surface area contributed by atoms with Gasteiger partial charge in [-0.1, -0.05) is 0 Å². The predicted octanol–water partition coefficient (Wildman–Crippen LogP) is -4.41. The summed E-state index contributed by atoms with van der Waals surface area (Å²) in [4.78, 5) is 44.6.